The maximum absolute atomic E-state index is 11.7. The van der Waals surface area contributed by atoms with Crippen LogP contribution in [0, 0.1) is 11.3 Å². The van der Waals surface area contributed by atoms with Crippen molar-refractivity contribution in [3.63, 3.8) is 0 Å². The molecule has 5 nitrogen and oxygen atoms in total. The Morgan fingerprint density at radius 3 is 2.82 bits per heavy atom. The minimum Gasteiger partial charge on any atom is -0.372 e. The molecule has 0 spiro atoms. The Balaban J connectivity index is 2.23. The van der Waals surface area contributed by atoms with Crippen molar-refractivity contribution in [1.82, 2.24) is 0 Å². The number of ether oxygens (including phenoxy) is 1. The van der Waals surface area contributed by atoms with E-state index in [2.05, 4.69) is 4.72 Å². The molecule has 1 aliphatic heterocycles. The van der Waals surface area contributed by atoms with E-state index >= 15 is 0 Å². The minimum atomic E-state index is -3.63. The average molecular weight is 252 g/mol. The number of rotatable bonds is 3. The second kappa shape index (κ2) is 4.35. The van der Waals surface area contributed by atoms with E-state index in [4.69, 9.17) is 10.00 Å². The Hall–Kier alpha value is -1.58. The lowest BCUT2D eigenvalue weighted by Gasteiger charge is -2.10. The lowest BCUT2D eigenvalue weighted by Crippen LogP contribution is -2.23. The molecule has 17 heavy (non-hydrogen) atoms. The smallest absolute Gasteiger partial charge is 0.248 e. The van der Waals surface area contributed by atoms with Gasteiger partial charge in [0.25, 0.3) is 0 Å². The Bertz CT molecular complexity index is 575. The third-order valence-corrected chi connectivity index (χ3v) is 4.19. The number of hydrogen-bond donors (Lipinski definition) is 1. The van der Waals surface area contributed by atoms with Crippen LogP contribution in [0.5, 0.6) is 0 Å². The van der Waals surface area contributed by atoms with Crippen molar-refractivity contribution >= 4 is 15.7 Å². The summed E-state index contributed by atoms with van der Waals surface area (Å²) in [6, 6.07) is 6.95. The molecule has 0 radical (unpaired) electrons. The summed E-state index contributed by atoms with van der Waals surface area (Å²) in [4.78, 5) is 0. The Kier molecular flexibility index (Phi) is 3.05. The first kappa shape index (κ1) is 11.9. The topological polar surface area (TPSA) is 79.2 Å². The van der Waals surface area contributed by atoms with Gasteiger partial charge in [0.1, 0.15) is 0 Å². The highest BCUT2D eigenvalue weighted by molar-refractivity contribution is 7.93. The molecule has 6 heteroatoms. The number of nitriles is 1. The van der Waals surface area contributed by atoms with Crippen LogP contribution in [-0.4, -0.2) is 13.7 Å². The summed E-state index contributed by atoms with van der Waals surface area (Å²) in [7, 11) is -3.63. The number of fused-ring (bicyclic) bond motifs is 1. The van der Waals surface area contributed by atoms with Gasteiger partial charge in [0.05, 0.1) is 19.3 Å². The molecule has 0 aromatic heterocycles. The second-order valence-corrected chi connectivity index (χ2v) is 5.90. The molecule has 1 aromatic rings. The standard InChI is InChI=1S/C11H12N2O3S/c1-8(5-12)17(14,15)13-11-3-2-9-6-16-7-10(9)4-11/h2-4,8,13H,6-7H2,1H3. The quantitative estimate of drug-likeness (QED) is 0.881. The van der Waals surface area contributed by atoms with Crippen LogP contribution in [0.4, 0.5) is 5.69 Å². The van der Waals surface area contributed by atoms with E-state index in [1.54, 1.807) is 18.2 Å². The molecular weight excluding hydrogens is 240 g/mol. The zero-order valence-corrected chi connectivity index (χ0v) is 10.1. The van der Waals surface area contributed by atoms with Crippen molar-refractivity contribution in [2.24, 2.45) is 0 Å². The van der Waals surface area contributed by atoms with Crippen LogP contribution in [0.2, 0.25) is 0 Å². The highest BCUT2D eigenvalue weighted by Gasteiger charge is 2.20. The first-order valence-corrected chi connectivity index (χ1v) is 6.68. The normalized spacial score (nSPS) is 16.0. The Morgan fingerprint density at radius 2 is 2.12 bits per heavy atom. The molecule has 0 fully saturated rings. The highest BCUT2D eigenvalue weighted by Crippen LogP contribution is 2.24. The summed E-state index contributed by atoms with van der Waals surface area (Å²) in [5, 5.41) is 7.54. The maximum Gasteiger partial charge on any atom is 0.248 e. The van der Waals surface area contributed by atoms with E-state index in [-0.39, 0.29) is 0 Å². The SMILES string of the molecule is CC(C#N)S(=O)(=O)Nc1ccc2c(c1)COC2. The van der Waals surface area contributed by atoms with E-state index in [0.29, 0.717) is 18.9 Å². The number of benzene rings is 1. The van der Waals surface area contributed by atoms with Crippen LogP contribution in [-0.2, 0) is 28.0 Å². The van der Waals surface area contributed by atoms with Gasteiger partial charge in [0.15, 0.2) is 5.25 Å². The molecular formula is C11H12N2O3S. The number of sulfonamides is 1. The maximum atomic E-state index is 11.7. The third-order valence-electron chi connectivity index (χ3n) is 2.63. The van der Waals surface area contributed by atoms with Gasteiger partial charge in [0, 0.05) is 5.69 Å². The van der Waals surface area contributed by atoms with Crippen molar-refractivity contribution in [1.29, 1.82) is 5.26 Å². The van der Waals surface area contributed by atoms with E-state index in [1.165, 1.54) is 6.92 Å². The first-order chi connectivity index (χ1) is 8.03. The van der Waals surface area contributed by atoms with Gasteiger partial charge in [-0.2, -0.15) is 5.26 Å². The van der Waals surface area contributed by atoms with Crippen LogP contribution >= 0.6 is 0 Å². The summed E-state index contributed by atoms with van der Waals surface area (Å²) < 4.78 is 31.0. The Morgan fingerprint density at radius 1 is 1.41 bits per heavy atom. The highest BCUT2D eigenvalue weighted by atomic mass is 32.2. The first-order valence-electron chi connectivity index (χ1n) is 5.14. The predicted molar refractivity (Wildman–Crippen MR) is 62.6 cm³/mol. The number of nitrogens with one attached hydrogen (secondary N) is 1. The van der Waals surface area contributed by atoms with Gasteiger partial charge in [-0.15, -0.1) is 0 Å². The summed E-state index contributed by atoms with van der Waals surface area (Å²) in [5.74, 6) is 0. The van der Waals surface area contributed by atoms with Gasteiger partial charge < -0.3 is 4.74 Å². The summed E-state index contributed by atoms with van der Waals surface area (Å²) in [5.41, 5.74) is 2.52. The summed E-state index contributed by atoms with van der Waals surface area (Å²) in [6.07, 6.45) is 0. The molecule has 1 aliphatic rings. The fourth-order valence-electron chi connectivity index (χ4n) is 1.56. The van der Waals surface area contributed by atoms with Crippen LogP contribution in [0.3, 0.4) is 0 Å². The molecule has 0 aliphatic carbocycles. The van der Waals surface area contributed by atoms with E-state index < -0.39 is 15.3 Å². The lowest BCUT2D eigenvalue weighted by atomic mass is 10.1. The van der Waals surface area contributed by atoms with Crippen LogP contribution in [0.1, 0.15) is 18.1 Å². The van der Waals surface area contributed by atoms with Crippen molar-refractivity contribution < 1.29 is 13.2 Å². The molecule has 1 N–H and O–H groups in total. The Labute approximate surface area is 100 Å². The molecule has 90 valence electrons. The summed E-state index contributed by atoms with van der Waals surface area (Å²) in [6.45, 7) is 2.41. The van der Waals surface area contributed by atoms with Gasteiger partial charge in [0.2, 0.25) is 10.0 Å². The number of hydrogen-bond acceptors (Lipinski definition) is 4. The molecule has 0 saturated carbocycles. The lowest BCUT2D eigenvalue weighted by molar-refractivity contribution is 0.134. The van der Waals surface area contributed by atoms with Gasteiger partial charge in [-0.25, -0.2) is 8.42 Å². The number of nitrogens with zero attached hydrogens (tertiary/aromatic N) is 1. The fourth-order valence-corrected chi connectivity index (χ4v) is 2.33. The van der Waals surface area contributed by atoms with Crippen molar-refractivity contribution in [3.8, 4) is 6.07 Å². The zero-order valence-electron chi connectivity index (χ0n) is 9.30. The van der Waals surface area contributed by atoms with Crippen molar-refractivity contribution in [2.75, 3.05) is 4.72 Å². The van der Waals surface area contributed by atoms with Gasteiger partial charge in [-0.1, -0.05) is 6.07 Å². The van der Waals surface area contributed by atoms with E-state index in [9.17, 15) is 8.42 Å². The predicted octanol–water partition coefficient (Wildman–Crippen LogP) is 1.37. The molecule has 0 bridgehead atoms. The van der Waals surface area contributed by atoms with E-state index in [0.717, 1.165) is 11.1 Å². The van der Waals surface area contributed by atoms with Crippen LogP contribution in [0.25, 0.3) is 0 Å². The van der Waals surface area contributed by atoms with E-state index in [1.807, 2.05) is 6.07 Å². The minimum absolute atomic E-state index is 0.469. The van der Waals surface area contributed by atoms with Gasteiger partial charge >= 0.3 is 0 Å². The molecule has 1 heterocycles. The van der Waals surface area contributed by atoms with Crippen molar-refractivity contribution in [2.45, 2.75) is 25.4 Å². The van der Waals surface area contributed by atoms with Gasteiger partial charge in [-0.3, -0.25) is 4.72 Å². The molecule has 1 atom stereocenters. The zero-order chi connectivity index (χ0) is 12.5. The van der Waals surface area contributed by atoms with Crippen LogP contribution < -0.4 is 4.72 Å². The second-order valence-electron chi connectivity index (χ2n) is 3.89. The summed E-state index contributed by atoms with van der Waals surface area (Å²) >= 11 is 0. The van der Waals surface area contributed by atoms with Crippen molar-refractivity contribution in [3.05, 3.63) is 29.3 Å². The average Bonchev–Trinajstić information content (AvgIpc) is 2.74. The molecule has 0 amide bonds. The molecule has 1 aromatic carbocycles. The fraction of sp³-hybridized carbons (Fsp3) is 0.364. The van der Waals surface area contributed by atoms with Crippen LogP contribution in [0.15, 0.2) is 18.2 Å². The third kappa shape index (κ3) is 2.40. The van der Waals surface area contributed by atoms with Gasteiger partial charge in [-0.05, 0) is 30.2 Å². The number of anilines is 1. The monoisotopic (exact) mass is 252 g/mol. The largest absolute Gasteiger partial charge is 0.372 e. The molecule has 1 unspecified atom stereocenters. The molecule has 0 saturated heterocycles. The molecule has 2 rings (SSSR count).